The van der Waals surface area contributed by atoms with Crippen molar-refractivity contribution in [2.24, 2.45) is 5.92 Å². The Morgan fingerprint density at radius 2 is 1.70 bits per heavy atom. The number of nitrogens with one attached hydrogen (secondary N) is 2. The zero-order valence-corrected chi connectivity index (χ0v) is 26.7. The van der Waals surface area contributed by atoms with Crippen LogP contribution in [-0.2, 0) is 4.74 Å². The second kappa shape index (κ2) is 14.5. The predicted octanol–water partition coefficient (Wildman–Crippen LogP) is 6.82. The Morgan fingerprint density at radius 1 is 1.00 bits per heavy atom. The molecular weight excluding hydrogens is 564 g/mol. The van der Waals surface area contributed by atoms with E-state index in [1.807, 2.05) is 18.4 Å². The van der Waals surface area contributed by atoms with E-state index in [1.54, 1.807) is 6.20 Å². The number of halogens is 2. The van der Waals surface area contributed by atoms with E-state index >= 15 is 0 Å². The standard InChI is InChI=1S/C33H49F2N7O2/c1-5-18-41(6-2)19-20-44-25-16-12-23(13-17-25)37-31-36-21-28-30(40-31)42(24-14-10-22(11-15-24)33(3,4)43)32(38-28)39-29-26(34)8-7-9-27(29)35/h7-9,21-25,43H,5-6,10-20H2,1-4H3,(H,38,39)(H,36,37,40)/t22-,23-,24+,25-. The fourth-order valence-corrected chi connectivity index (χ4v) is 6.81. The summed E-state index contributed by atoms with van der Waals surface area (Å²) < 4.78 is 37.4. The smallest absolute Gasteiger partial charge is 0.224 e. The summed E-state index contributed by atoms with van der Waals surface area (Å²) in [6.45, 7) is 12.0. The molecule has 2 heterocycles. The number of benzene rings is 1. The molecule has 1 aromatic carbocycles. The van der Waals surface area contributed by atoms with Crippen molar-refractivity contribution in [1.29, 1.82) is 0 Å². The van der Waals surface area contributed by atoms with Gasteiger partial charge in [0.15, 0.2) is 5.65 Å². The average molecular weight is 614 g/mol. The van der Waals surface area contributed by atoms with E-state index in [0.717, 1.165) is 84.0 Å². The van der Waals surface area contributed by atoms with Gasteiger partial charge in [-0.25, -0.2) is 18.7 Å². The van der Waals surface area contributed by atoms with Gasteiger partial charge in [-0.15, -0.1) is 0 Å². The van der Waals surface area contributed by atoms with Crippen LogP contribution < -0.4 is 10.6 Å². The van der Waals surface area contributed by atoms with Crippen molar-refractivity contribution in [3.05, 3.63) is 36.0 Å². The van der Waals surface area contributed by atoms with Crippen molar-refractivity contribution in [3.8, 4) is 0 Å². The minimum absolute atomic E-state index is 0.00670. The van der Waals surface area contributed by atoms with Crippen molar-refractivity contribution in [3.63, 3.8) is 0 Å². The van der Waals surface area contributed by atoms with Crippen LogP contribution in [0.4, 0.5) is 26.4 Å². The Kier molecular flexibility index (Phi) is 10.7. The number of para-hydroxylation sites is 1. The Labute approximate surface area is 259 Å². The Bertz CT molecular complexity index is 1340. The maximum atomic E-state index is 14.6. The number of rotatable bonds is 13. The van der Waals surface area contributed by atoms with E-state index in [0.29, 0.717) is 23.1 Å². The zero-order chi connectivity index (χ0) is 31.3. The van der Waals surface area contributed by atoms with Crippen LogP contribution in [0.1, 0.15) is 91.5 Å². The van der Waals surface area contributed by atoms with Gasteiger partial charge in [0, 0.05) is 18.6 Å². The lowest BCUT2D eigenvalue weighted by atomic mass is 9.77. The third kappa shape index (κ3) is 7.84. The molecule has 2 saturated carbocycles. The van der Waals surface area contributed by atoms with E-state index in [1.165, 1.54) is 18.2 Å². The van der Waals surface area contributed by atoms with Gasteiger partial charge >= 0.3 is 0 Å². The van der Waals surface area contributed by atoms with Gasteiger partial charge in [0.05, 0.1) is 24.5 Å². The second-order valence-corrected chi connectivity index (χ2v) is 13.0. The maximum absolute atomic E-state index is 14.6. The van der Waals surface area contributed by atoms with Crippen molar-refractivity contribution in [1.82, 2.24) is 24.4 Å². The second-order valence-electron chi connectivity index (χ2n) is 13.0. The molecule has 0 bridgehead atoms. The molecule has 0 spiro atoms. The lowest BCUT2D eigenvalue weighted by Crippen LogP contribution is -2.34. The summed E-state index contributed by atoms with van der Waals surface area (Å²) in [6.07, 6.45) is 10.3. The van der Waals surface area contributed by atoms with Crippen molar-refractivity contribution in [2.45, 2.75) is 109 Å². The number of aliphatic hydroxyl groups is 1. The molecule has 0 aliphatic heterocycles. The predicted molar refractivity (Wildman–Crippen MR) is 170 cm³/mol. The maximum Gasteiger partial charge on any atom is 0.224 e. The highest BCUT2D eigenvalue weighted by Gasteiger charge is 2.34. The molecule has 0 atom stereocenters. The summed E-state index contributed by atoms with van der Waals surface area (Å²) in [5.41, 5.74) is 0.180. The van der Waals surface area contributed by atoms with E-state index in [4.69, 9.17) is 9.72 Å². The number of hydrogen-bond acceptors (Lipinski definition) is 8. The molecular formula is C33H49F2N7O2. The highest BCUT2D eigenvalue weighted by molar-refractivity contribution is 5.76. The van der Waals surface area contributed by atoms with E-state index < -0.39 is 17.2 Å². The lowest BCUT2D eigenvalue weighted by Gasteiger charge is -2.36. The summed E-state index contributed by atoms with van der Waals surface area (Å²) in [5, 5.41) is 17.0. The first-order valence-corrected chi connectivity index (χ1v) is 16.4. The Hall–Kier alpha value is -2.89. The van der Waals surface area contributed by atoms with E-state index in [2.05, 4.69) is 39.3 Å². The van der Waals surface area contributed by atoms with Crippen LogP contribution in [0.25, 0.3) is 11.2 Å². The average Bonchev–Trinajstić information content (AvgIpc) is 3.36. The van der Waals surface area contributed by atoms with Crippen LogP contribution in [-0.4, -0.2) is 73.5 Å². The summed E-state index contributed by atoms with van der Waals surface area (Å²) in [5.74, 6) is -0.339. The summed E-state index contributed by atoms with van der Waals surface area (Å²) in [7, 11) is 0. The van der Waals surface area contributed by atoms with Gasteiger partial charge in [-0.3, -0.25) is 4.57 Å². The number of fused-ring (bicyclic) bond motifs is 1. The van der Waals surface area contributed by atoms with E-state index in [9.17, 15) is 13.9 Å². The first-order chi connectivity index (χ1) is 21.2. The van der Waals surface area contributed by atoms with Crippen LogP contribution in [0.2, 0.25) is 0 Å². The summed E-state index contributed by atoms with van der Waals surface area (Å²) >= 11 is 0. The molecule has 3 N–H and O–H groups in total. The van der Waals surface area contributed by atoms with Crippen LogP contribution in [0.15, 0.2) is 24.4 Å². The van der Waals surface area contributed by atoms with Gasteiger partial charge in [0.25, 0.3) is 0 Å². The number of nitrogens with zero attached hydrogens (tertiary/aromatic N) is 5. The molecule has 5 rings (SSSR count). The number of likely N-dealkylation sites (N-methyl/N-ethyl adjacent to an activating group) is 1. The van der Waals surface area contributed by atoms with Crippen LogP contribution in [0, 0.1) is 17.6 Å². The van der Waals surface area contributed by atoms with Gasteiger partial charge < -0.3 is 25.4 Å². The number of hydrogen-bond donors (Lipinski definition) is 3. The fraction of sp³-hybridized carbons (Fsp3) is 0.667. The quantitative estimate of drug-likeness (QED) is 0.193. The molecule has 2 aromatic heterocycles. The van der Waals surface area contributed by atoms with E-state index in [-0.39, 0.29) is 29.8 Å². The molecule has 9 nitrogen and oxygen atoms in total. The van der Waals surface area contributed by atoms with Crippen molar-refractivity contribution >= 4 is 28.7 Å². The van der Waals surface area contributed by atoms with Gasteiger partial charge in [-0.2, -0.15) is 4.98 Å². The molecule has 0 unspecified atom stereocenters. The van der Waals surface area contributed by atoms with Crippen LogP contribution in [0.3, 0.4) is 0 Å². The van der Waals surface area contributed by atoms with Crippen LogP contribution >= 0.6 is 0 Å². The van der Waals surface area contributed by atoms with Gasteiger partial charge in [-0.1, -0.05) is 19.9 Å². The molecule has 0 amide bonds. The molecule has 3 aromatic rings. The number of aromatic nitrogens is 4. The summed E-state index contributed by atoms with van der Waals surface area (Å²) in [4.78, 5) is 16.6. The molecule has 0 saturated heterocycles. The minimum Gasteiger partial charge on any atom is -0.390 e. The highest BCUT2D eigenvalue weighted by Crippen LogP contribution is 2.41. The highest BCUT2D eigenvalue weighted by atomic mass is 19.1. The molecule has 2 aliphatic carbocycles. The zero-order valence-electron chi connectivity index (χ0n) is 26.7. The van der Waals surface area contributed by atoms with Gasteiger partial charge in [0.1, 0.15) is 22.8 Å². The van der Waals surface area contributed by atoms with Crippen LogP contribution in [0.5, 0.6) is 0 Å². The number of imidazole rings is 1. The van der Waals surface area contributed by atoms with Crippen molar-refractivity contribution in [2.75, 3.05) is 36.9 Å². The fourth-order valence-electron chi connectivity index (χ4n) is 6.81. The molecule has 2 fully saturated rings. The topological polar surface area (TPSA) is 100 Å². The largest absolute Gasteiger partial charge is 0.390 e. The number of anilines is 3. The first kappa shape index (κ1) is 32.5. The van der Waals surface area contributed by atoms with Gasteiger partial charge in [0.2, 0.25) is 11.9 Å². The molecule has 11 heteroatoms. The normalized spacial score (nSPS) is 22.9. The molecule has 0 radical (unpaired) electrons. The number of ether oxygens (including phenoxy) is 1. The summed E-state index contributed by atoms with van der Waals surface area (Å²) in [6, 6.07) is 4.03. The first-order valence-electron chi connectivity index (χ1n) is 16.4. The lowest BCUT2D eigenvalue weighted by molar-refractivity contribution is -0.00457. The Morgan fingerprint density at radius 3 is 2.34 bits per heavy atom. The Balaban J connectivity index is 1.30. The minimum atomic E-state index is -0.756. The third-order valence-electron chi connectivity index (χ3n) is 9.45. The monoisotopic (exact) mass is 613 g/mol. The third-order valence-corrected chi connectivity index (χ3v) is 9.45. The molecule has 2 aliphatic rings. The SMILES string of the molecule is CCCN(CC)CCO[C@H]1CC[C@H](Nc2ncc3nc(Nc4c(F)cccc4F)n([C@H]4CC[C@@H](C(C)(C)O)CC4)c3n2)CC1. The van der Waals surface area contributed by atoms with Gasteiger partial charge in [-0.05, 0) is 103 Å². The molecule has 242 valence electrons. The molecule has 44 heavy (non-hydrogen) atoms. The van der Waals surface area contributed by atoms with Crippen molar-refractivity contribution < 1.29 is 18.6 Å².